The zero-order valence-electron chi connectivity index (χ0n) is 10.3. The van der Waals surface area contributed by atoms with Gasteiger partial charge in [-0.3, -0.25) is 9.59 Å². The molecule has 0 radical (unpaired) electrons. The van der Waals surface area contributed by atoms with E-state index in [0.29, 0.717) is 0 Å². The van der Waals surface area contributed by atoms with Crippen molar-refractivity contribution >= 4 is 35.1 Å². The Morgan fingerprint density at radius 2 is 2.00 bits per heavy atom. The topological polar surface area (TPSA) is 71.3 Å². The molecule has 0 spiro atoms. The van der Waals surface area contributed by atoms with Crippen LogP contribution >= 0.6 is 23.2 Å². The van der Waals surface area contributed by atoms with E-state index in [4.69, 9.17) is 28.3 Å². The van der Waals surface area contributed by atoms with Crippen LogP contribution in [0.15, 0.2) is 6.07 Å². The van der Waals surface area contributed by atoms with E-state index >= 15 is 0 Å². The summed E-state index contributed by atoms with van der Waals surface area (Å²) in [5, 5.41) is 12.0. The molecule has 18 heavy (non-hydrogen) atoms. The molecule has 7 heteroatoms. The number of nitrogens with one attached hydrogen (secondary N) is 1. The second kappa shape index (κ2) is 5.20. The molecule has 1 amide bonds. The van der Waals surface area contributed by atoms with E-state index in [1.165, 1.54) is 24.5 Å². The SMILES string of the molecule is Cn1c(C(=O)NCC(C)(C)C(=O)O)cc(Cl)c1Cl. The number of carbonyl (C=O) groups excluding carboxylic acids is 1. The summed E-state index contributed by atoms with van der Waals surface area (Å²) in [6.07, 6.45) is 0. The van der Waals surface area contributed by atoms with Gasteiger partial charge in [0.05, 0.1) is 10.4 Å². The molecule has 0 aliphatic carbocycles. The number of hydrogen-bond acceptors (Lipinski definition) is 2. The Morgan fingerprint density at radius 3 is 2.39 bits per heavy atom. The summed E-state index contributed by atoms with van der Waals surface area (Å²) in [5.74, 6) is -1.40. The number of amides is 1. The van der Waals surface area contributed by atoms with Crippen LogP contribution in [0.2, 0.25) is 10.2 Å². The van der Waals surface area contributed by atoms with Crippen molar-refractivity contribution in [2.24, 2.45) is 12.5 Å². The summed E-state index contributed by atoms with van der Waals surface area (Å²) in [7, 11) is 1.60. The van der Waals surface area contributed by atoms with Gasteiger partial charge in [-0.25, -0.2) is 0 Å². The third kappa shape index (κ3) is 2.97. The summed E-state index contributed by atoms with van der Waals surface area (Å²) in [6, 6.07) is 1.44. The number of aromatic nitrogens is 1. The Kier molecular flexibility index (Phi) is 4.29. The second-order valence-electron chi connectivity index (χ2n) is 4.60. The Hall–Kier alpha value is -1.20. The van der Waals surface area contributed by atoms with Crippen LogP contribution in [0.25, 0.3) is 0 Å². The predicted molar refractivity (Wildman–Crippen MR) is 69.2 cm³/mol. The van der Waals surface area contributed by atoms with Gasteiger partial charge in [-0.1, -0.05) is 23.2 Å². The van der Waals surface area contributed by atoms with Crippen molar-refractivity contribution in [3.8, 4) is 0 Å². The van der Waals surface area contributed by atoms with Crippen LogP contribution in [0, 0.1) is 5.41 Å². The van der Waals surface area contributed by atoms with Crippen molar-refractivity contribution < 1.29 is 14.7 Å². The molecule has 1 rings (SSSR count). The molecular weight excluding hydrogens is 279 g/mol. The monoisotopic (exact) mass is 292 g/mol. The zero-order chi connectivity index (χ0) is 14.1. The lowest BCUT2D eigenvalue weighted by molar-refractivity contribution is -0.146. The fourth-order valence-electron chi connectivity index (χ4n) is 1.23. The van der Waals surface area contributed by atoms with Crippen molar-refractivity contribution in [1.29, 1.82) is 0 Å². The first-order chi connectivity index (χ1) is 8.16. The van der Waals surface area contributed by atoms with Crippen LogP contribution in [0.4, 0.5) is 0 Å². The third-order valence-corrected chi connectivity index (χ3v) is 3.46. The molecule has 0 atom stereocenters. The van der Waals surface area contributed by atoms with E-state index in [0.717, 1.165) is 0 Å². The lowest BCUT2D eigenvalue weighted by Gasteiger charge is -2.19. The quantitative estimate of drug-likeness (QED) is 0.893. The highest BCUT2D eigenvalue weighted by Crippen LogP contribution is 2.25. The molecule has 0 bridgehead atoms. The number of nitrogens with zero attached hydrogens (tertiary/aromatic N) is 1. The smallest absolute Gasteiger partial charge is 0.310 e. The molecular formula is C11H14Cl2N2O3. The number of carbonyl (C=O) groups is 2. The van der Waals surface area contributed by atoms with Crippen molar-refractivity contribution in [3.05, 3.63) is 21.9 Å². The van der Waals surface area contributed by atoms with Gasteiger partial charge in [0, 0.05) is 13.6 Å². The van der Waals surface area contributed by atoms with Crippen LogP contribution < -0.4 is 5.32 Å². The predicted octanol–water partition coefficient (Wildman–Crippen LogP) is 2.17. The minimum absolute atomic E-state index is 0.0155. The van der Waals surface area contributed by atoms with Crippen LogP contribution in [-0.2, 0) is 11.8 Å². The molecule has 0 saturated carbocycles. The van der Waals surface area contributed by atoms with Crippen LogP contribution in [0.5, 0.6) is 0 Å². The fourth-order valence-corrected chi connectivity index (χ4v) is 1.60. The van der Waals surface area contributed by atoms with Crippen molar-refractivity contribution in [1.82, 2.24) is 9.88 Å². The van der Waals surface area contributed by atoms with Gasteiger partial charge >= 0.3 is 5.97 Å². The van der Waals surface area contributed by atoms with Gasteiger partial charge in [-0.05, 0) is 19.9 Å². The summed E-state index contributed by atoms with van der Waals surface area (Å²) >= 11 is 11.6. The van der Waals surface area contributed by atoms with Gasteiger partial charge in [0.25, 0.3) is 5.91 Å². The minimum atomic E-state index is -1.03. The van der Waals surface area contributed by atoms with Crippen molar-refractivity contribution in [2.75, 3.05) is 6.54 Å². The van der Waals surface area contributed by atoms with Gasteiger partial charge in [0.15, 0.2) is 0 Å². The lowest BCUT2D eigenvalue weighted by atomic mass is 9.94. The molecule has 0 aliphatic rings. The number of aliphatic carboxylic acids is 1. The van der Waals surface area contributed by atoms with E-state index < -0.39 is 17.3 Å². The number of carboxylic acids is 1. The van der Waals surface area contributed by atoms with E-state index in [1.54, 1.807) is 7.05 Å². The molecule has 1 aromatic rings. The molecule has 2 N–H and O–H groups in total. The van der Waals surface area contributed by atoms with Gasteiger partial charge in [-0.15, -0.1) is 0 Å². The number of halogens is 2. The standard InChI is InChI=1S/C11H14Cl2N2O3/c1-11(2,10(17)18)5-14-9(16)7-4-6(12)8(13)15(7)3/h4H,5H2,1-3H3,(H,14,16)(H,17,18). The Balaban J connectivity index is 2.78. The average molecular weight is 293 g/mol. The number of hydrogen-bond donors (Lipinski definition) is 2. The van der Waals surface area contributed by atoms with E-state index in [9.17, 15) is 9.59 Å². The fraction of sp³-hybridized carbons (Fsp3) is 0.455. The maximum Gasteiger partial charge on any atom is 0.310 e. The van der Waals surface area contributed by atoms with Crippen molar-refractivity contribution in [2.45, 2.75) is 13.8 Å². The van der Waals surface area contributed by atoms with E-state index in [2.05, 4.69) is 5.32 Å². The van der Waals surface area contributed by atoms with Crippen LogP contribution in [-0.4, -0.2) is 28.1 Å². The summed E-state index contributed by atoms with van der Waals surface area (Å²) in [6.45, 7) is 3.07. The highest BCUT2D eigenvalue weighted by molar-refractivity contribution is 6.41. The third-order valence-electron chi connectivity index (χ3n) is 2.62. The molecule has 0 fully saturated rings. The molecule has 5 nitrogen and oxygen atoms in total. The van der Waals surface area contributed by atoms with E-state index in [-0.39, 0.29) is 22.4 Å². The molecule has 0 saturated heterocycles. The molecule has 100 valence electrons. The van der Waals surface area contributed by atoms with Gasteiger partial charge in [0.2, 0.25) is 0 Å². The molecule has 0 aliphatic heterocycles. The molecule has 0 unspecified atom stereocenters. The van der Waals surface area contributed by atoms with Crippen molar-refractivity contribution in [3.63, 3.8) is 0 Å². The number of carboxylic acid groups (broad SMARTS) is 1. The zero-order valence-corrected chi connectivity index (χ0v) is 11.8. The summed E-state index contributed by atoms with van der Waals surface area (Å²) in [5.41, 5.74) is -0.750. The molecule has 1 aromatic heterocycles. The van der Waals surface area contributed by atoms with Gasteiger partial charge in [0.1, 0.15) is 10.8 Å². The molecule has 1 heterocycles. The normalized spacial score (nSPS) is 11.4. The van der Waals surface area contributed by atoms with E-state index in [1.807, 2.05) is 0 Å². The minimum Gasteiger partial charge on any atom is -0.481 e. The first-order valence-corrected chi connectivity index (χ1v) is 5.94. The molecule has 0 aromatic carbocycles. The summed E-state index contributed by atoms with van der Waals surface area (Å²) < 4.78 is 1.44. The average Bonchev–Trinajstić information content (AvgIpc) is 2.54. The Bertz CT molecular complexity index is 495. The maximum atomic E-state index is 11.9. The second-order valence-corrected chi connectivity index (χ2v) is 5.36. The maximum absolute atomic E-state index is 11.9. The first-order valence-electron chi connectivity index (χ1n) is 5.19. The summed E-state index contributed by atoms with van der Waals surface area (Å²) in [4.78, 5) is 22.8. The van der Waals surface area contributed by atoms with Gasteiger partial charge in [-0.2, -0.15) is 0 Å². The number of rotatable bonds is 4. The highest BCUT2D eigenvalue weighted by atomic mass is 35.5. The first kappa shape index (κ1) is 14.9. The largest absolute Gasteiger partial charge is 0.481 e. The lowest BCUT2D eigenvalue weighted by Crippen LogP contribution is -2.39. The van der Waals surface area contributed by atoms with Gasteiger partial charge < -0.3 is 15.0 Å². The highest BCUT2D eigenvalue weighted by Gasteiger charge is 2.28. The van der Waals surface area contributed by atoms with Crippen LogP contribution in [0.3, 0.4) is 0 Å². The Morgan fingerprint density at radius 1 is 1.44 bits per heavy atom. The van der Waals surface area contributed by atoms with Crippen LogP contribution in [0.1, 0.15) is 24.3 Å². The Labute approximate surface area is 115 Å².